The molecule has 0 bridgehead atoms. The molecule has 0 spiro atoms. The van der Waals surface area contributed by atoms with Crippen LogP contribution >= 0.6 is 0 Å². The summed E-state index contributed by atoms with van der Waals surface area (Å²) in [6.45, 7) is 8.77. The predicted molar refractivity (Wildman–Crippen MR) is 99.0 cm³/mol. The van der Waals surface area contributed by atoms with E-state index < -0.39 is 0 Å². The van der Waals surface area contributed by atoms with Crippen LogP contribution in [-0.4, -0.2) is 6.54 Å². The first-order chi connectivity index (χ1) is 11.0. The molecular weight excluding hydrogens is 278 g/mol. The zero-order valence-corrected chi connectivity index (χ0v) is 14.7. The predicted octanol–water partition coefficient (Wildman–Crippen LogP) is 5.19. The number of rotatable bonds is 6. The number of benzene rings is 2. The van der Waals surface area contributed by atoms with Gasteiger partial charge in [-0.15, -0.1) is 0 Å². The summed E-state index contributed by atoms with van der Waals surface area (Å²) in [7, 11) is 0. The molecule has 1 saturated carbocycles. The standard InChI is InChI=1S/C22H29N/c1-22(2,3)21-11-7-18(8-12-21)16-23-14-13-17-5-4-6-20(15-17)19-9-10-19/h4-8,11-12,15,19,23H,9-10,13-14,16H2,1-3H3. The average molecular weight is 307 g/mol. The molecule has 0 saturated heterocycles. The molecule has 2 aromatic carbocycles. The fourth-order valence-corrected chi connectivity index (χ4v) is 3.01. The van der Waals surface area contributed by atoms with Gasteiger partial charge in [0, 0.05) is 6.54 Å². The first-order valence-corrected chi connectivity index (χ1v) is 8.91. The smallest absolute Gasteiger partial charge is 0.0205 e. The van der Waals surface area contributed by atoms with E-state index in [0.717, 1.165) is 25.4 Å². The van der Waals surface area contributed by atoms with Crippen molar-refractivity contribution in [1.29, 1.82) is 0 Å². The Morgan fingerprint density at radius 2 is 1.70 bits per heavy atom. The van der Waals surface area contributed by atoms with Crippen LogP contribution < -0.4 is 5.32 Å². The summed E-state index contributed by atoms with van der Waals surface area (Å²) in [4.78, 5) is 0. The fraction of sp³-hybridized carbons (Fsp3) is 0.455. The summed E-state index contributed by atoms with van der Waals surface area (Å²) in [6, 6.07) is 18.2. The van der Waals surface area contributed by atoms with E-state index in [4.69, 9.17) is 0 Å². The fourth-order valence-electron chi connectivity index (χ4n) is 3.01. The van der Waals surface area contributed by atoms with Gasteiger partial charge in [-0.3, -0.25) is 0 Å². The van der Waals surface area contributed by atoms with E-state index >= 15 is 0 Å². The monoisotopic (exact) mass is 307 g/mol. The Morgan fingerprint density at radius 1 is 0.957 bits per heavy atom. The number of hydrogen-bond donors (Lipinski definition) is 1. The van der Waals surface area contributed by atoms with E-state index in [9.17, 15) is 0 Å². The zero-order valence-electron chi connectivity index (χ0n) is 14.7. The molecule has 0 heterocycles. The molecule has 1 nitrogen and oxygen atoms in total. The second-order valence-electron chi connectivity index (χ2n) is 7.89. The van der Waals surface area contributed by atoms with Crippen molar-refractivity contribution in [2.75, 3.05) is 6.54 Å². The highest BCUT2D eigenvalue weighted by atomic mass is 14.8. The molecule has 1 fully saturated rings. The third kappa shape index (κ3) is 4.68. The maximum absolute atomic E-state index is 3.57. The first-order valence-electron chi connectivity index (χ1n) is 8.91. The third-order valence-corrected chi connectivity index (χ3v) is 4.74. The lowest BCUT2D eigenvalue weighted by Crippen LogP contribution is -2.17. The first kappa shape index (κ1) is 16.3. The molecule has 1 aliphatic carbocycles. The molecule has 23 heavy (non-hydrogen) atoms. The Balaban J connectivity index is 1.45. The van der Waals surface area contributed by atoms with Crippen molar-refractivity contribution in [1.82, 2.24) is 5.32 Å². The van der Waals surface area contributed by atoms with E-state index in [1.165, 1.54) is 29.5 Å². The van der Waals surface area contributed by atoms with Crippen LogP contribution in [-0.2, 0) is 18.4 Å². The summed E-state index contributed by atoms with van der Waals surface area (Å²) in [5.74, 6) is 0.851. The highest BCUT2D eigenvalue weighted by molar-refractivity contribution is 5.29. The molecule has 1 aliphatic rings. The number of nitrogens with one attached hydrogen (secondary N) is 1. The van der Waals surface area contributed by atoms with E-state index in [1.54, 1.807) is 5.56 Å². The lowest BCUT2D eigenvalue weighted by molar-refractivity contribution is 0.589. The van der Waals surface area contributed by atoms with E-state index in [2.05, 4.69) is 74.6 Å². The Kier molecular flexibility index (Phi) is 4.87. The summed E-state index contributed by atoms with van der Waals surface area (Å²) in [5, 5.41) is 3.57. The van der Waals surface area contributed by atoms with Gasteiger partial charge < -0.3 is 5.32 Å². The van der Waals surface area contributed by atoms with Gasteiger partial charge in [-0.2, -0.15) is 0 Å². The molecule has 1 heteroatoms. The zero-order chi connectivity index (χ0) is 16.3. The summed E-state index contributed by atoms with van der Waals surface area (Å²) >= 11 is 0. The molecule has 0 radical (unpaired) electrons. The van der Waals surface area contributed by atoms with Gasteiger partial charge in [0.1, 0.15) is 0 Å². The molecule has 3 rings (SSSR count). The van der Waals surface area contributed by atoms with Crippen molar-refractivity contribution in [3.8, 4) is 0 Å². The normalized spacial score (nSPS) is 14.9. The van der Waals surface area contributed by atoms with Crippen molar-refractivity contribution < 1.29 is 0 Å². The Morgan fingerprint density at radius 3 is 2.35 bits per heavy atom. The van der Waals surface area contributed by atoms with Crippen LogP contribution in [0.5, 0.6) is 0 Å². The molecule has 0 aromatic heterocycles. The molecule has 0 unspecified atom stereocenters. The molecule has 0 amide bonds. The molecule has 2 aromatic rings. The Bertz CT molecular complexity index is 630. The molecule has 122 valence electrons. The van der Waals surface area contributed by atoms with Crippen LogP contribution in [0, 0.1) is 0 Å². The highest BCUT2D eigenvalue weighted by Crippen LogP contribution is 2.40. The van der Waals surface area contributed by atoms with Gasteiger partial charge in [0.25, 0.3) is 0 Å². The van der Waals surface area contributed by atoms with Crippen LogP contribution in [0.4, 0.5) is 0 Å². The second kappa shape index (κ2) is 6.88. The van der Waals surface area contributed by atoms with Crippen molar-refractivity contribution in [2.24, 2.45) is 0 Å². The van der Waals surface area contributed by atoms with Gasteiger partial charge in [0.15, 0.2) is 0 Å². The van der Waals surface area contributed by atoms with E-state index in [-0.39, 0.29) is 5.41 Å². The summed E-state index contributed by atoms with van der Waals surface area (Å²) in [5.41, 5.74) is 6.01. The minimum atomic E-state index is 0.235. The lowest BCUT2D eigenvalue weighted by Gasteiger charge is -2.19. The minimum absolute atomic E-state index is 0.235. The van der Waals surface area contributed by atoms with Crippen molar-refractivity contribution in [3.63, 3.8) is 0 Å². The van der Waals surface area contributed by atoms with Crippen molar-refractivity contribution >= 4 is 0 Å². The molecular formula is C22H29N. The number of hydrogen-bond acceptors (Lipinski definition) is 1. The molecule has 0 atom stereocenters. The SMILES string of the molecule is CC(C)(C)c1ccc(CNCCc2cccc(C3CC3)c2)cc1. The lowest BCUT2D eigenvalue weighted by atomic mass is 9.87. The van der Waals surface area contributed by atoms with Gasteiger partial charge >= 0.3 is 0 Å². The largest absolute Gasteiger partial charge is 0.312 e. The maximum atomic E-state index is 3.57. The average Bonchev–Trinajstić information content (AvgIpc) is 3.36. The van der Waals surface area contributed by atoms with Crippen molar-refractivity contribution in [2.45, 2.75) is 57.9 Å². The van der Waals surface area contributed by atoms with Crippen LogP contribution in [0.15, 0.2) is 48.5 Å². The van der Waals surface area contributed by atoms with Gasteiger partial charge in [0.2, 0.25) is 0 Å². The van der Waals surface area contributed by atoms with Gasteiger partial charge in [-0.05, 0) is 59.4 Å². The third-order valence-electron chi connectivity index (χ3n) is 4.74. The van der Waals surface area contributed by atoms with Gasteiger partial charge in [-0.1, -0.05) is 69.3 Å². The van der Waals surface area contributed by atoms with Gasteiger partial charge in [-0.25, -0.2) is 0 Å². The highest BCUT2D eigenvalue weighted by Gasteiger charge is 2.23. The van der Waals surface area contributed by atoms with Crippen LogP contribution in [0.2, 0.25) is 0 Å². The van der Waals surface area contributed by atoms with E-state index in [0.29, 0.717) is 0 Å². The molecule has 1 N–H and O–H groups in total. The Labute approximate surface area is 141 Å². The summed E-state index contributed by atoms with van der Waals surface area (Å²) in [6.07, 6.45) is 3.87. The second-order valence-corrected chi connectivity index (χ2v) is 7.89. The quantitative estimate of drug-likeness (QED) is 0.724. The molecule has 0 aliphatic heterocycles. The van der Waals surface area contributed by atoms with Gasteiger partial charge in [0.05, 0.1) is 0 Å². The topological polar surface area (TPSA) is 12.0 Å². The van der Waals surface area contributed by atoms with Crippen LogP contribution in [0.25, 0.3) is 0 Å². The Hall–Kier alpha value is -1.60. The minimum Gasteiger partial charge on any atom is -0.312 e. The van der Waals surface area contributed by atoms with Crippen LogP contribution in [0.3, 0.4) is 0 Å². The van der Waals surface area contributed by atoms with E-state index in [1.807, 2.05) is 0 Å². The maximum Gasteiger partial charge on any atom is 0.0205 e. The summed E-state index contributed by atoms with van der Waals surface area (Å²) < 4.78 is 0. The van der Waals surface area contributed by atoms with Crippen LogP contribution in [0.1, 0.15) is 61.8 Å². The van der Waals surface area contributed by atoms with Crippen molar-refractivity contribution in [3.05, 3.63) is 70.8 Å².